The van der Waals surface area contributed by atoms with E-state index in [1.165, 1.54) is 25.1 Å². The third kappa shape index (κ3) is 6.55. The summed E-state index contributed by atoms with van der Waals surface area (Å²) in [5.74, 6) is -2.46. The molecule has 0 saturated carbocycles. The lowest BCUT2D eigenvalue weighted by molar-refractivity contribution is -0.384. The van der Waals surface area contributed by atoms with E-state index in [9.17, 15) is 29.3 Å². The van der Waals surface area contributed by atoms with Crippen LogP contribution in [-0.4, -0.2) is 47.9 Å². The Bertz CT molecular complexity index is 720. The van der Waals surface area contributed by atoms with Gasteiger partial charge in [0, 0.05) is 24.2 Å². The topological polar surface area (TPSA) is 157 Å². The maximum atomic E-state index is 12.0. The van der Waals surface area contributed by atoms with E-state index in [0.717, 1.165) is 6.07 Å². The summed E-state index contributed by atoms with van der Waals surface area (Å²) in [7, 11) is 0. The molecule has 0 aliphatic heterocycles. The molecule has 0 spiro atoms. The molecule has 0 bridgehead atoms. The van der Waals surface area contributed by atoms with E-state index in [1.807, 2.05) is 5.32 Å². The van der Waals surface area contributed by atoms with Crippen molar-refractivity contribution in [3.8, 4) is 0 Å². The van der Waals surface area contributed by atoms with Crippen LogP contribution in [-0.2, 0) is 14.3 Å². The Morgan fingerprint density at radius 3 is 2.58 bits per heavy atom. The van der Waals surface area contributed by atoms with Crippen molar-refractivity contribution in [2.45, 2.75) is 19.9 Å². The van der Waals surface area contributed by atoms with Gasteiger partial charge in [-0.3, -0.25) is 25.0 Å². The van der Waals surface area contributed by atoms with Crippen LogP contribution < -0.4 is 16.0 Å². The third-order valence-electron chi connectivity index (χ3n) is 2.96. The van der Waals surface area contributed by atoms with Crippen LogP contribution in [0.2, 0.25) is 0 Å². The van der Waals surface area contributed by atoms with Gasteiger partial charge in [0.1, 0.15) is 6.04 Å². The summed E-state index contributed by atoms with van der Waals surface area (Å²) < 4.78 is 4.69. The van der Waals surface area contributed by atoms with Gasteiger partial charge in [-0.2, -0.15) is 0 Å². The van der Waals surface area contributed by atoms with Crippen molar-refractivity contribution in [1.29, 1.82) is 0 Å². The number of amides is 4. The lowest BCUT2D eigenvalue weighted by Crippen LogP contribution is -2.43. The van der Waals surface area contributed by atoms with E-state index >= 15 is 0 Å². The molecule has 0 saturated heterocycles. The van der Waals surface area contributed by atoms with Crippen LogP contribution in [0.25, 0.3) is 0 Å². The number of rotatable bonds is 7. The molecule has 11 heteroatoms. The van der Waals surface area contributed by atoms with Gasteiger partial charge in [-0.15, -0.1) is 0 Å². The second-order valence-electron chi connectivity index (χ2n) is 5.02. The first kappa shape index (κ1) is 20.5. The fourth-order valence-electron chi connectivity index (χ4n) is 1.73. The minimum atomic E-state index is -1.11. The minimum absolute atomic E-state index is 0.00664. The second kappa shape index (κ2) is 9.71. The predicted octanol–water partition coefficient (Wildman–Crippen LogP) is 0.102. The highest BCUT2D eigenvalue weighted by molar-refractivity contribution is 5.98. The fraction of sp³-hybridized carbons (Fsp3) is 0.333. The Balaban J connectivity index is 2.52. The molecule has 0 radical (unpaired) electrons. The molecular weight excluding hydrogens is 348 g/mol. The first-order valence-electron chi connectivity index (χ1n) is 7.54. The molecule has 0 aliphatic rings. The molecule has 3 N–H and O–H groups in total. The number of nitrogens with one attached hydrogen (secondary N) is 3. The highest BCUT2D eigenvalue weighted by Gasteiger charge is 2.20. The number of ether oxygens (including phenoxy) is 1. The van der Waals surface area contributed by atoms with Gasteiger partial charge in [0.25, 0.3) is 17.5 Å². The van der Waals surface area contributed by atoms with Crippen LogP contribution >= 0.6 is 0 Å². The largest absolute Gasteiger partial charge is 0.454 e. The number of non-ortho nitro benzene ring substituents is 1. The Labute approximate surface area is 148 Å². The van der Waals surface area contributed by atoms with E-state index in [-0.39, 0.29) is 11.3 Å². The van der Waals surface area contributed by atoms with Crippen LogP contribution in [0.15, 0.2) is 24.3 Å². The van der Waals surface area contributed by atoms with Crippen molar-refractivity contribution in [3.63, 3.8) is 0 Å². The minimum Gasteiger partial charge on any atom is -0.454 e. The summed E-state index contributed by atoms with van der Waals surface area (Å²) in [5, 5.41) is 17.3. The first-order chi connectivity index (χ1) is 12.2. The van der Waals surface area contributed by atoms with Gasteiger partial charge in [-0.05, 0) is 19.9 Å². The number of hydrogen-bond donors (Lipinski definition) is 3. The van der Waals surface area contributed by atoms with Crippen LogP contribution in [0.5, 0.6) is 0 Å². The van der Waals surface area contributed by atoms with Gasteiger partial charge in [0.05, 0.1) is 4.92 Å². The molecule has 0 fully saturated rings. The highest BCUT2D eigenvalue weighted by atomic mass is 16.6. The van der Waals surface area contributed by atoms with Gasteiger partial charge in [0.2, 0.25) is 0 Å². The normalized spacial score (nSPS) is 11.0. The molecule has 0 heterocycles. The summed E-state index contributed by atoms with van der Waals surface area (Å²) in [6.45, 7) is 2.60. The van der Waals surface area contributed by atoms with Crippen LogP contribution in [0, 0.1) is 10.1 Å². The van der Waals surface area contributed by atoms with Crippen molar-refractivity contribution < 1.29 is 28.8 Å². The Kier molecular flexibility index (Phi) is 7.67. The number of carbonyl (C=O) groups is 4. The zero-order valence-electron chi connectivity index (χ0n) is 14.1. The number of carbonyl (C=O) groups excluding carboxylic acids is 4. The lowest BCUT2D eigenvalue weighted by Gasteiger charge is -2.13. The first-order valence-corrected chi connectivity index (χ1v) is 7.54. The summed E-state index contributed by atoms with van der Waals surface area (Å²) in [5.41, 5.74) is -0.275. The molecule has 1 aromatic carbocycles. The average Bonchev–Trinajstić information content (AvgIpc) is 2.59. The van der Waals surface area contributed by atoms with Crippen LogP contribution in [0.1, 0.15) is 24.2 Å². The number of benzene rings is 1. The number of imide groups is 1. The molecule has 1 atom stereocenters. The molecule has 1 unspecified atom stereocenters. The summed E-state index contributed by atoms with van der Waals surface area (Å²) in [4.78, 5) is 56.4. The number of nitro groups is 1. The SMILES string of the molecule is CCNC(=O)NC(=O)COC(=O)C(C)NC(=O)c1cccc([N+](=O)[O-])c1. The molecule has 140 valence electrons. The molecule has 1 rings (SSSR count). The Hall–Kier alpha value is -3.50. The van der Waals surface area contributed by atoms with Gasteiger partial charge in [0.15, 0.2) is 6.61 Å². The lowest BCUT2D eigenvalue weighted by atomic mass is 10.2. The zero-order chi connectivity index (χ0) is 19.7. The molecule has 11 nitrogen and oxygen atoms in total. The number of nitro benzene ring substituents is 1. The van der Waals surface area contributed by atoms with Crippen LogP contribution in [0.4, 0.5) is 10.5 Å². The maximum Gasteiger partial charge on any atom is 0.328 e. The Morgan fingerprint density at radius 1 is 1.27 bits per heavy atom. The number of nitrogens with zero attached hydrogens (tertiary/aromatic N) is 1. The van der Waals surface area contributed by atoms with E-state index < -0.39 is 41.4 Å². The van der Waals surface area contributed by atoms with Gasteiger partial charge in [-0.1, -0.05) is 6.07 Å². The molecule has 0 aliphatic carbocycles. The van der Waals surface area contributed by atoms with Gasteiger partial charge < -0.3 is 15.4 Å². The van der Waals surface area contributed by atoms with E-state index in [0.29, 0.717) is 6.54 Å². The van der Waals surface area contributed by atoms with Crippen molar-refractivity contribution in [1.82, 2.24) is 16.0 Å². The summed E-state index contributed by atoms with van der Waals surface area (Å²) in [6.07, 6.45) is 0. The van der Waals surface area contributed by atoms with E-state index in [1.54, 1.807) is 6.92 Å². The van der Waals surface area contributed by atoms with Crippen molar-refractivity contribution in [2.24, 2.45) is 0 Å². The average molecular weight is 366 g/mol. The standard InChI is InChI=1S/C15H18N4O7/c1-3-16-15(23)18-12(20)8-26-14(22)9(2)17-13(21)10-5-4-6-11(7-10)19(24)25/h4-7,9H,3,8H2,1-2H3,(H,17,21)(H2,16,18,20,23). The number of esters is 1. The van der Waals surface area contributed by atoms with Gasteiger partial charge in [-0.25, -0.2) is 9.59 Å². The molecule has 4 amide bonds. The third-order valence-corrected chi connectivity index (χ3v) is 2.96. The van der Waals surface area contributed by atoms with Crippen molar-refractivity contribution in [2.75, 3.05) is 13.2 Å². The van der Waals surface area contributed by atoms with Crippen molar-refractivity contribution in [3.05, 3.63) is 39.9 Å². The highest BCUT2D eigenvalue weighted by Crippen LogP contribution is 2.13. The molecular formula is C15H18N4O7. The van der Waals surface area contributed by atoms with E-state index in [4.69, 9.17) is 0 Å². The fourth-order valence-corrected chi connectivity index (χ4v) is 1.73. The zero-order valence-corrected chi connectivity index (χ0v) is 14.1. The molecule has 1 aromatic rings. The Morgan fingerprint density at radius 2 is 1.96 bits per heavy atom. The predicted molar refractivity (Wildman–Crippen MR) is 88.2 cm³/mol. The number of urea groups is 1. The maximum absolute atomic E-state index is 12.0. The number of hydrogen-bond acceptors (Lipinski definition) is 7. The molecule has 26 heavy (non-hydrogen) atoms. The summed E-state index contributed by atoms with van der Waals surface area (Å²) >= 11 is 0. The molecule has 0 aromatic heterocycles. The van der Waals surface area contributed by atoms with Crippen molar-refractivity contribution >= 4 is 29.5 Å². The summed E-state index contributed by atoms with van der Waals surface area (Å²) in [6, 6.07) is 3.14. The van der Waals surface area contributed by atoms with Crippen LogP contribution in [0.3, 0.4) is 0 Å². The monoisotopic (exact) mass is 366 g/mol. The van der Waals surface area contributed by atoms with Gasteiger partial charge >= 0.3 is 12.0 Å². The van der Waals surface area contributed by atoms with E-state index in [2.05, 4.69) is 15.4 Å². The second-order valence-corrected chi connectivity index (χ2v) is 5.02. The quantitative estimate of drug-likeness (QED) is 0.351. The smallest absolute Gasteiger partial charge is 0.328 e.